The Hall–Kier alpha value is -2.36. The van der Waals surface area contributed by atoms with Gasteiger partial charge in [0.05, 0.1) is 6.42 Å². The zero-order chi connectivity index (χ0) is 13.8. The van der Waals surface area contributed by atoms with Crippen molar-refractivity contribution in [1.82, 2.24) is 0 Å². The number of carbonyl (C=O) groups excluding carboxylic acids is 1. The maximum absolute atomic E-state index is 13.2. The van der Waals surface area contributed by atoms with Crippen LogP contribution in [0, 0.1) is 12.7 Å². The van der Waals surface area contributed by atoms with Crippen LogP contribution in [-0.4, -0.2) is 5.91 Å². The summed E-state index contributed by atoms with van der Waals surface area (Å²) in [4.78, 5) is 11.9. The minimum absolute atomic E-state index is 0.169. The van der Waals surface area contributed by atoms with Gasteiger partial charge in [-0.15, -0.1) is 0 Å². The molecule has 0 heterocycles. The number of carbonyl (C=O) groups is 1. The lowest BCUT2D eigenvalue weighted by atomic mass is 10.1. The number of amides is 1. The van der Waals surface area contributed by atoms with Gasteiger partial charge in [-0.2, -0.15) is 0 Å². The van der Waals surface area contributed by atoms with Crippen molar-refractivity contribution in [3.63, 3.8) is 0 Å². The highest BCUT2D eigenvalue weighted by molar-refractivity contribution is 5.93. The molecule has 0 aliphatic rings. The largest absolute Gasteiger partial charge is 0.398 e. The number of aryl methyl sites for hydroxylation is 1. The van der Waals surface area contributed by atoms with Gasteiger partial charge < -0.3 is 11.1 Å². The summed E-state index contributed by atoms with van der Waals surface area (Å²) in [6, 6.07) is 11.6. The third kappa shape index (κ3) is 3.55. The summed E-state index contributed by atoms with van der Waals surface area (Å²) < 4.78 is 13.2. The van der Waals surface area contributed by atoms with Crippen LogP contribution in [0.4, 0.5) is 15.8 Å². The molecule has 2 aromatic carbocycles. The zero-order valence-corrected chi connectivity index (χ0v) is 10.6. The zero-order valence-electron chi connectivity index (χ0n) is 10.6. The van der Waals surface area contributed by atoms with Crippen LogP contribution in [0.25, 0.3) is 0 Å². The van der Waals surface area contributed by atoms with Crippen LogP contribution in [0.5, 0.6) is 0 Å². The first-order valence-corrected chi connectivity index (χ1v) is 5.95. The van der Waals surface area contributed by atoms with Crippen molar-refractivity contribution in [3.8, 4) is 0 Å². The number of rotatable bonds is 3. The molecule has 98 valence electrons. The number of para-hydroxylation sites is 1. The molecule has 2 rings (SSSR count). The van der Waals surface area contributed by atoms with Gasteiger partial charge in [0.1, 0.15) is 5.82 Å². The minimum Gasteiger partial charge on any atom is -0.398 e. The van der Waals surface area contributed by atoms with Crippen molar-refractivity contribution in [2.75, 3.05) is 11.1 Å². The van der Waals surface area contributed by atoms with Crippen molar-refractivity contribution >= 4 is 17.3 Å². The van der Waals surface area contributed by atoms with E-state index in [9.17, 15) is 9.18 Å². The van der Waals surface area contributed by atoms with E-state index in [1.54, 1.807) is 25.1 Å². The molecule has 0 radical (unpaired) electrons. The van der Waals surface area contributed by atoms with E-state index in [0.717, 1.165) is 11.1 Å². The van der Waals surface area contributed by atoms with Gasteiger partial charge in [-0.3, -0.25) is 4.79 Å². The Morgan fingerprint density at radius 2 is 2.00 bits per heavy atom. The van der Waals surface area contributed by atoms with Crippen molar-refractivity contribution in [1.29, 1.82) is 0 Å². The third-order valence-corrected chi connectivity index (χ3v) is 2.73. The summed E-state index contributed by atoms with van der Waals surface area (Å²) in [7, 11) is 0. The van der Waals surface area contributed by atoms with Crippen LogP contribution < -0.4 is 11.1 Å². The predicted molar refractivity (Wildman–Crippen MR) is 74.3 cm³/mol. The Labute approximate surface area is 111 Å². The van der Waals surface area contributed by atoms with Crippen molar-refractivity contribution in [2.24, 2.45) is 0 Å². The Morgan fingerprint density at radius 1 is 1.26 bits per heavy atom. The van der Waals surface area contributed by atoms with Gasteiger partial charge in [0.25, 0.3) is 0 Å². The number of hydrogen-bond acceptors (Lipinski definition) is 2. The second-order valence-electron chi connectivity index (χ2n) is 4.44. The monoisotopic (exact) mass is 258 g/mol. The second kappa shape index (κ2) is 5.52. The van der Waals surface area contributed by atoms with Gasteiger partial charge in [0.15, 0.2) is 0 Å². The highest BCUT2D eigenvalue weighted by Gasteiger charge is 2.07. The molecule has 0 aliphatic carbocycles. The number of nitrogen functional groups attached to an aromatic ring is 1. The fourth-order valence-corrected chi connectivity index (χ4v) is 1.88. The Bertz CT molecular complexity index is 591. The number of nitrogens with one attached hydrogen (secondary N) is 1. The highest BCUT2D eigenvalue weighted by Crippen LogP contribution is 2.15. The maximum Gasteiger partial charge on any atom is 0.228 e. The molecule has 0 atom stereocenters. The molecule has 0 saturated carbocycles. The molecule has 0 fully saturated rings. The quantitative estimate of drug-likeness (QED) is 0.832. The third-order valence-electron chi connectivity index (χ3n) is 2.73. The number of nitrogens with two attached hydrogens (primary N) is 1. The van der Waals surface area contributed by atoms with Crippen LogP contribution in [0.2, 0.25) is 0 Å². The molecule has 0 saturated heterocycles. The highest BCUT2D eigenvalue weighted by atomic mass is 19.1. The van der Waals surface area contributed by atoms with Crippen molar-refractivity contribution in [2.45, 2.75) is 13.3 Å². The molecule has 2 aromatic rings. The number of benzene rings is 2. The molecule has 0 aromatic heterocycles. The summed E-state index contributed by atoms with van der Waals surface area (Å²) >= 11 is 0. The van der Waals surface area contributed by atoms with Crippen LogP contribution in [0.15, 0.2) is 42.5 Å². The van der Waals surface area contributed by atoms with Gasteiger partial charge in [0.2, 0.25) is 5.91 Å². The minimum atomic E-state index is -0.366. The molecule has 0 bridgehead atoms. The molecular formula is C15H15FN2O. The second-order valence-corrected chi connectivity index (χ2v) is 4.44. The predicted octanol–water partition coefficient (Wildman–Crippen LogP) is 2.90. The van der Waals surface area contributed by atoms with Gasteiger partial charge >= 0.3 is 0 Å². The molecule has 0 unspecified atom stereocenters. The van der Waals surface area contributed by atoms with E-state index in [-0.39, 0.29) is 18.1 Å². The maximum atomic E-state index is 13.2. The Kier molecular flexibility index (Phi) is 3.80. The molecule has 0 spiro atoms. The van der Waals surface area contributed by atoms with E-state index in [2.05, 4.69) is 5.32 Å². The lowest BCUT2D eigenvalue weighted by molar-refractivity contribution is -0.115. The SMILES string of the molecule is Cc1cc(F)cc(NC(=O)Cc2ccccc2N)c1. The first-order valence-electron chi connectivity index (χ1n) is 5.95. The number of halogens is 1. The number of anilines is 2. The van der Waals surface area contributed by atoms with E-state index in [0.29, 0.717) is 11.4 Å². The Balaban J connectivity index is 2.07. The molecule has 4 heteroatoms. The lowest BCUT2D eigenvalue weighted by Crippen LogP contribution is -2.15. The first-order chi connectivity index (χ1) is 9.04. The van der Waals surface area contributed by atoms with Crippen LogP contribution in [0.3, 0.4) is 0 Å². The summed E-state index contributed by atoms with van der Waals surface area (Å²) in [6.45, 7) is 1.77. The van der Waals surface area contributed by atoms with Crippen molar-refractivity contribution < 1.29 is 9.18 Å². The van der Waals surface area contributed by atoms with Gasteiger partial charge in [-0.1, -0.05) is 18.2 Å². The molecule has 3 nitrogen and oxygen atoms in total. The summed E-state index contributed by atoms with van der Waals surface area (Å²) in [5.41, 5.74) is 8.32. The summed E-state index contributed by atoms with van der Waals surface area (Å²) in [5, 5.41) is 2.66. The van der Waals surface area contributed by atoms with Crippen LogP contribution >= 0.6 is 0 Å². The van der Waals surface area contributed by atoms with E-state index < -0.39 is 0 Å². The molecule has 3 N–H and O–H groups in total. The molecule has 0 aliphatic heterocycles. The first kappa shape index (κ1) is 13.1. The fraction of sp³-hybridized carbons (Fsp3) is 0.133. The van der Waals surface area contributed by atoms with Crippen LogP contribution in [-0.2, 0) is 11.2 Å². The van der Waals surface area contributed by atoms with Gasteiger partial charge in [-0.05, 0) is 42.3 Å². The Morgan fingerprint density at radius 3 is 2.68 bits per heavy atom. The average molecular weight is 258 g/mol. The van der Waals surface area contributed by atoms with E-state index >= 15 is 0 Å². The summed E-state index contributed by atoms with van der Waals surface area (Å²) in [6.07, 6.45) is 0.169. The summed E-state index contributed by atoms with van der Waals surface area (Å²) in [5.74, 6) is -0.586. The number of hydrogen-bond donors (Lipinski definition) is 2. The molecule has 1 amide bonds. The van der Waals surface area contributed by atoms with E-state index in [4.69, 9.17) is 5.73 Å². The average Bonchev–Trinajstić information content (AvgIpc) is 2.30. The van der Waals surface area contributed by atoms with E-state index in [1.165, 1.54) is 12.1 Å². The van der Waals surface area contributed by atoms with Crippen molar-refractivity contribution in [3.05, 3.63) is 59.4 Å². The standard InChI is InChI=1S/C15H15FN2O/c1-10-6-12(16)9-13(7-10)18-15(19)8-11-4-2-3-5-14(11)17/h2-7,9H,8,17H2,1H3,(H,18,19). The topological polar surface area (TPSA) is 55.1 Å². The smallest absolute Gasteiger partial charge is 0.228 e. The fourth-order valence-electron chi connectivity index (χ4n) is 1.88. The van der Waals surface area contributed by atoms with Crippen LogP contribution in [0.1, 0.15) is 11.1 Å². The van der Waals surface area contributed by atoms with Gasteiger partial charge in [-0.25, -0.2) is 4.39 Å². The molecule has 19 heavy (non-hydrogen) atoms. The van der Waals surface area contributed by atoms with E-state index in [1.807, 2.05) is 12.1 Å². The lowest BCUT2D eigenvalue weighted by Gasteiger charge is -2.08. The normalized spacial score (nSPS) is 10.2. The molecular weight excluding hydrogens is 243 g/mol. The van der Waals surface area contributed by atoms with Gasteiger partial charge in [0, 0.05) is 11.4 Å².